The minimum Gasteiger partial charge on any atom is -0.326 e. The van der Waals surface area contributed by atoms with Crippen molar-refractivity contribution in [1.82, 2.24) is 4.90 Å². The highest BCUT2D eigenvalue weighted by atomic mass is 79.9. The minimum absolute atomic E-state index is 0.649. The number of fused-ring (bicyclic) bond motifs is 1. The van der Waals surface area contributed by atoms with Gasteiger partial charge in [-0.1, -0.05) is 30.3 Å². The largest absolute Gasteiger partial charge is 0.326 e. The molecule has 0 radical (unpaired) electrons. The van der Waals surface area contributed by atoms with E-state index in [4.69, 9.17) is 5.73 Å². The Morgan fingerprint density at radius 1 is 1.25 bits per heavy atom. The van der Waals surface area contributed by atoms with Crippen LogP contribution >= 0.6 is 27.3 Å². The predicted octanol–water partition coefficient (Wildman–Crippen LogP) is 3.57. The van der Waals surface area contributed by atoms with Crippen LogP contribution in [0.2, 0.25) is 0 Å². The first kappa shape index (κ1) is 14.3. The normalized spacial score (nSPS) is 15.3. The zero-order chi connectivity index (χ0) is 13.9. The van der Waals surface area contributed by atoms with Crippen molar-refractivity contribution in [2.45, 2.75) is 25.9 Å². The highest BCUT2D eigenvalue weighted by Gasteiger charge is 2.22. The summed E-state index contributed by atoms with van der Waals surface area (Å²) in [4.78, 5) is 4.05. The number of hydrogen-bond acceptors (Lipinski definition) is 3. The van der Waals surface area contributed by atoms with E-state index in [-0.39, 0.29) is 0 Å². The van der Waals surface area contributed by atoms with Gasteiger partial charge in [0.2, 0.25) is 0 Å². The Balaban J connectivity index is 1.64. The first-order valence-electron chi connectivity index (χ1n) is 7.03. The number of nitrogens with zero attached hydrogens (tertiary/aromatic N) is 1. The average molecular weight is 351 g/mol. The molecule has 0 fully saturated rings. The smallest absolute Gasteiger partial charge is 0.0749 e. The molecule has 1 aromatic heterocycles. The van der Waals surface area contributed by atoms with Gasteiger partial charge in [-0.25, -0.2) is 0 Å². The third kappa shape index (κ3) is 2.98. The molecule has 0 amide bonds. The molecule has 2 N–H and O–H groups in total. The Morgan fingerprint density at radius 3 is 2.80 bits per heavy atom. The van der Waals surface area contributed by atoms with E-state index in [2.05, 4.69) is 51.2 Å². The summed E-state index contributed by atoms with van der Waals surface area (Å²) >= 11 is 5.51. The van der Waals surface area contributed by atoms with Crippen LogP contribution in [0.15, 0.2) is 34.1 Å². The van der Waals surface area contributed by atoms with Gasteiger partial charge in [-0.05, 0) is 45.5 Å². The predicted molar refractivity (Wildman–Crippen MR) is 89.0 cm³/mol. The van der Waals surface area contributed by atoms with E-state index in [9.17, 15) is 0 Å². The molecule has 1 aliphatic heterocycles. The van der Waals surface area contributed by atoms with E-state index in [0.29, 0.717) is 6.54 Å². The van der Waals surface area contributed by atoms with E-state index >= 15 is 0 Å². The molecule has 2 nitrogen and oxygen atoms in total. The van der Waals surface area contributed by atoms with Gasteiger partial charge in [0.15, 0.2) is 0 Å². The van der Waals surface area contributed by atoms with Crippen LogP contribution in [-0.2, 0) is 25.9 Å². The first-order chi connectivity index (χ1) is 9.78. The minimum atomic E-state index is 0.649. The third-order valence-electron chi connectivity index (χ3n) is 3.96. The molecule has 0 atom stereocenters. The number of nitrogens with two attached hydrogens (primary N) is 1. The summed E-state index contributed by atoms with van der Waals surface area (Å²) < 4.78 is 1.23. The maximum Gasteiger partial charge on any atom is 0.0749 e. The van der Waals surface area contributed by atoms with E-state index < -0.39 is 0 Å². The molecule has 20 heavy (non-hydrogen) atoms. The number of thiophene rings is 1. The zero-order valence-corrected chi connectivity index (χ0v) is 13.8. The first-order valence-corrected chi connectivity index (χ1v) is 8.64. The zero-order valence-electron chi connectivity index (χ0n) is 11.4. The van der Waals surface area contributed by atoms with Crippen molar-refractivity contribution >= 4 is 27.3 Å². The van der Waals surface area contributed by atoms with E-state index in [0.717, 1.165) is 32.5 Å². The maximum absolute atomic E-state index is 5.85. The van der Waals surface area contributed by atoms with Gasteiger partial charge >= 0.3 is 0 Å². The molecule has 106 valence electrons. The molecular weight excluding hydrogens is 332 g/mol. The quantitative estimate of drug-likeness (QED) is 0.913. The number of benzene rings is 1. The fourth-order valence-electron chi connectivity index (χ4n) is 2.81. The average Bonchev–Trinajstić information content (AvgIpc) is 2.80. The van der Waals surface area contributed by atoms with Gasteiger partial charge in [0, 0.05) is 31.1 Å². The molecule has 0 spiro atoms. The lowest BCUT2D eigenvalue weighted by molar-refractivity contribution is 0.260. The molecular formula is C16H19BrN2S. The second kappa shape index (κ2) is 6.39. The van der Waals surface area contributed by atoms with Gasteiger partial charge in [0.25, 0.3) is 0 Å². The molecule has 2 heterocycles. The van der Waals surface area contributed by atoms with Crippen LogP contribution in [0.25, 0.3) is 0 Å². The van der Waals surface area contributed by atoms with Crippen LogP contribution in [0.5, 0.6) is 0 Å². The summed E-state index contributed by atoms with van der Waals surface area (Å²) in [6, 6.07) is 10.7. The summed E-state index contributed by atoms with van der Waals surface area (Å²) in [7, 11) is 0. The van der Waals surface area contributed by atoms with Crippen molar-refractivity contribution in [3.05, 3.63) is 55.7 Å². The summed E-state index contributed by atoms with van der Waals surface area (Å²) in [5.41, 5.74) is 10.1. The van der Waals surface area contributed by atoms with E-state index in [1.807, 2.05) is 11.3 Å². The molecule has 0 unspecified atom stereocenters. The Labute approximate surface area is 132 Å². The van der Waals surface area contributed by atoms with Crippen molar-refractivity contribution in [2.75, 3.05) is 13.1 Å². The second-order valence-electron chi connectivity index (χ2n) is 5.22. The summed E-state index contributed by atoms with van der Waals surface area (Å²) in [6.45, 7) is 4.01. The molecule has 3 rings (SSSR count). The number of hydrogen-bond donors (Lipinski definition) is 1. The SMILES string of the molecule is NCc1c(Br)sc2c1CCN(CCc1ccccc1)C2. The highest BCUT2D eigenvalue weighted by molar-refractivity contribution is 9.11. The number of halogens is 1. The Kier molecular flexibility index (Phi) is 4.56. The van der Waals surface area contributed by atoms with Crippen molar-refractivity contribution in [3.63, 3.8) is 0 Å². The maximum atomic E-state index is 5.85. The fraction of sp³-hybridized carbons (Fsp3) is 0.375. The highest BCUT2D eigenvalue weighted by Crippen LogP contribution is 2.36. The molecule has 0 saturated carbocycles. The standard InChI is InChI=1S/C16H19BrN2S/c17-16-14(10-18)13-7-9-19(11-15(13)20-16)8-6-12-4-2-1-3-5-12/h1-5H,6-11,18H2. The van der Waals surface area contributed by atoms with Gasteiger partial charge in [-0.2, -0.15) is 0 Å². The Bertz CT molecular complexity index is 580. The van der Waals surface area contributed by atoms with E-state index in [1.54, 1.807) is 0 Å². The van der Waals surface area contributed by atoms with Gasteiger partial charge in [-0.15, -0.1) is 11.3 Å². The van der Waals surface area contributed by atoms with Gasteiger partial charge < -0.3 is 5.73 Å². The fourth-order valence-corrected chi connectivity index (χ4v) is 4.94. The van der Waals surface area contributed by atoms with Crippen LogP contribution in [0.3, 0.4) is 0 Å². The summed E-state index contributed by atoms with van der Waals surface area (Å²) in [5.74, 6) is 0. The third-order valence-corrected chi connectivity index (χ3v) is 5.97. The van der Waals surface area contributed by atoms with E-state index in [1.165, 1.54) is 25.4 Å². The van der Waals surface area contributed by atoms with Crippen LogP contribution in [0, 0.1) is 0 Å². The van der Waals surface area contributed by atoms with Crippen molar-refractivity contribution < 1.29 is 0 Å². The molecule has 0 saturated heterocycles. The Morgan fingerprint density at radius 2 is 2.05 bits per heavy atom. The molecule has 0 aliphatic carbocycles. The molecule has 1 aromatic carbocycles. The van der Waals surface area contributed by atoms with Crippen molar-refractivity contribution in [3.8, 4) is 0 Å². The molecule has 0 bridgehead atoms. The lowest BCUT2D eigenvalue weighted by Crippen LogP contribution is -2.31. The summed E-state index contributed by atoms with van der Waals surface area (Å²) in [5, 5.41) is 0. The summed E-state index contributed by atoms with van der Waals surface area (Å²) in [6.07, 6.45) is 2.27. The topological polar surface area (TPSA) is 29.3 Å². The van der Waals surface area contributed by atoms with Gasteiger partial charge in [-0.3, -0.25) is 4.90 Å². The van der Waals surface area contributed by atoms with Gasteiger partial charge in [0.1, 0.15) is 0 Å². The van der Waals surface area contributed by atoms with Crippen LogP contribution in [0.4, 0.5) is 0 Å². The second-order valence-corrected chi connectivity index (χ2v) is 7.64. The van der Waals surface area contributed by atoms with Crippen molar-refractivity contribution in [1.29, 1.82) is 0 Å². The lowest BCUT2D eigenvalue weighted by atomic mass is 10.0. The molecule has 1 aliphatic rings. The lowest BCUT2D eigenvalue weighted by Gasteiger charge is -2.27. The number of rotatable bonds is 4. The molecule has 4 heteroatoms. The van der Waals surface area contributed by atoms with Gasteiger partial charge in [0.05, 0.1) is 3.79 Å². The van der Waals surface area contributed by atoms with Crippen LogP contribution < -0.4 is 5.73 Å². The Hall–Kier alpha value is -0.680. The van der Waals surface area contributed by atoms with Crippen molar-refractivity contribution in [2.24, 2.45) is 5.73 Å². The monoisotopic (exact) mass is 350 g/mol. The molecule has 2 aromatic rings. The van der Waals surface area contributed by atoms with Crippen LogP contribution in [-0.4, -0.2) is 18.0 Å². The van der Waals surface area contributed by atoms with Crippen LogP contribution in [0.1, 0.15) is 21.6 Å².